The minimum Gasteiger partial charge on any atom is -0.479 e. The maximum Gasteiger partial charge on any atom is 0.335 e. The standard InChI is InChI=1S/C15H14N4O5S/c1-7-13(21)19(6-12(20)16-15-18-17-8(2)25-15)10-4-3-9(14(22)23)5-11(10)24-7/h3-5,7H,6H2,1-2H3,(H,22,23)(H,16,18,20). The molecule has 1 unspecified atom stereocenters. The molecular formula is C15H14N4O5S. The van der Waals surface area contributed by atoms with Crippen molar-refractivity contribution in [1.29, 1.82) is 0 Å². The molecule has 2 N–H and O–H groups in total. The Bertz CT molecular complexity index is 865. The number of carbonyl (C=O) groups excluding carboxylic acids is 2. The molecule has 25 heavy (non-hydrogen) atoms. The number of nitrogens with zero attached hydrogens (tertiary/aromatic N) is 3. The van der Waals surface area contributed by atoms with Gasteiger partial charge in [0.15, 0.2) is 6.10 Å². The third kappa shape index (κ3) is 3.43. The molecule has 2 amide bonds. The normalized spacial score (nSPS) is 16.2. The summed E-state index contributed by atoms with van der Waals surface area (Å²) in [5.74, 6) is -1.69. The van der Waals surface area contributed by atoms with E-state index in [1.807, 2.05) is 0 Å². The maximum absolute atomic E-state index is 12.4. The number of nitrogens with one attached hydrogen (secondary N) is 1. The van der Waals surface area contributed by atoms with Crippen LogP contribution >= 0.6 is 11.3 Å². The Morgan fingerprint density at radius 3 is 2.80 bits per heavy atom. The van der Waals surface area contributed by atoms with Gasteiger partial charge in [-0.25, -0.2) is 4.79 Å². The van der Waals surface area contributed by atoms with Crippen LogP contribution < -0.4 is 15.0 Å². The lowest BCUT2D eigenvalue weighted by Gasteiger charge is -2.32. The Morgan fingerprint density at radius 2 is 2.16 bits per heavy atom. The predicted molar refractivity (Wildman–Crippen MR) is 89.1 cm³/mol. The molecule has 0 fully saturated rings. The molecule has 2 heterocycles. The number of anilines is 2. The molecule has 1 aliphatic rings. The van der Waals surface area contributed by atoms with Crippen molar-refractivity contribution in [3.8, 4) is 5.75 Å². The average molecular weight is 362 g/mol. The van der Waals surface area contributed by atoms with E-state index in [-0.39, 0.29) is 23.8 Å². The van der Waals surface area contributed by atoms with Crippen LogP contribution in [0.3, 0.4) is 0 Å². The van der Waals surface area contributed by atoms with Crippen molar-refractivity contribution in [1.82, 2.24) is 10.2 Å². The first-order valence-electron chi connectivity index (χ1n) is 7.30. The van der Waals surface area contributed by atoms with Crippen LogP contribution in [0.25, 0.3) is 0 Å². The fraction of sp³-hybridized carbons (Fsp3) is 0.267. The Morgan fingerprint density at radius 1 is 1.40 bits per heavy atom. The van der Waals surface area contributed by atoms with Crippen molar-refractivity contribution < 1.29 is 24.2 Å². The quantitative estimate of drug-likeness (QED) is 0.840. The summed E-state index contributed by atoms with van der Waals surface area (Å²) in [6.07, 6.45) is -0.826. The Balaban J connectivity index is 1.84. The smallest absolute Gasteiger partial charge is 0.335 e. The number of amides is 2. The summed E-state index contributed by atoms with van der Waals surface area (Å²) in [5.41, 5.74) is 0.380. The molecule has 0 saturated carbocycles. The van der Waals surface area contributed by atoms with Crippen LogP contribution in [-0.4, -0.2) is 45.7 Å². The van der Waals surface area contributed by atoms with Crippen LogP contribution in [0.15, 0.2) is 18.2 Å². The van der Waals surface area contributed by atoms with Gasteiger partial charge >= 0.3 is 5.97 Å². The highest BCUT2D eigenvalue weighted by atomic mass is 32.1. The Kier molecular flexibility index (Phi) is 4.36. The highest BCUT2D eigenvalue weighted by Crippen LogP contribution is 2.34. The number of rotatable bonds is 4. The fourth-order valence-electron chi connectivity index (χ4n) is 2.36. The van der Waals surface area contributed by atoms with Crippen LogP contribution in [0.1, 0.15) is 22.3 Å². The van der Waals surface area contributed by atoms with E-state index in [9.17, 15) is 14.4 Å². The summed E-state index contributed by atoms with van der Waals surface area (Å²) in [6.45, 7) is 3.05. The number of aromatic nitrogens is 2. The highest BCUT2D eigenvalue weighted by molar-refractivity contribution is 7.15. The van der Waals surface area contributed by atoms with Crippen molar-refractivity contribution in [2.45, 2.75) is 20.0 Å². The minimum atomic E-state index is -1.10. The van der Waals surface area contributed by atoms with E-state index in [2.05, 4.69) is 15.5 Å². The van der Waals surface area contributed by atoms with Gasteiger partial charge < -0.3 is 9.84 Å². The molecule has 130 valence electrons. The lowest BCUT2D eigenvalue weighted by molar-refractivity contribution is -0.127. The van der Waals surface area contributed by atoms with E-state index in [4.69, 9.17) is 9.84 Å². The van der Waals surface area contributed by atoms with Crippen molar-refractivity contribution in [2.75, 3.05) is 16.8 Å². The zero-order valence-corrected chi connectivity index (χ0v) is 14.2. The third-order valence-corrected chi connectivity index (χ3v) is 4.24. The molecule has 3 rings (SSSR count). The molecule has 9 nitrogen and oxygen atoms in total. The van der Waals surface area contributed by atoms with Crippen molar-refractivity contribution in [3.63, 3.8) is 0 Å². The molecule has 0 aliphatic carbocycles. The van der Waals surface area contributed by atoms with Gasteiger partial charge in [-0.3, -0.25) is 19.8 Å². The summed E-state index contributed by atoms with van der Waals surface area (Å²) < 4.78 is 5.46. The molecule has 0 bridgehead atoms. The number of fused-ring (bicyclic) bond motifs is 1. The van der Waals surface area contributed by atoms with Gasteiger partial charge in [-0.05, 0) is 32.0 Å². The van der Waals surface area contributed by atoms with Crippen LogP contribution in [0.5, 0.6) is 5.75 Å². The van der Waals surface area contributed by atoms with Gasteiger partial charge in [0.05, 0.1) is 11.3 Å². The first-order valence-corrected chi connectivity index (χ1v) is 8.12. The van der Waals surface area contributed by atoms with Crippen molar-refractivity contribution in [2.24, 2.45) is 0 Å². The second-order valence-corrected chi connectivity index (χ2v) is 6.53. The van der Waals surface area contributed by atoms with Gasteiger partial charge in [0.2, 0.25) is 11.0 Å². The van der Waals surface area contributed by atoms with E-state index in [0.29, 0.717) is 15.8 Å². The van der Waals surface area contributed by atoms with Gasteiger partial charge in [0, 0.05) is 0 Å². The molecule has 1 atom stereocenters. The van der Waals surface area contributed by atoms with E-state index < -0.39 is 18.0 Å². The van der Waals surface area contributed by atoms with Crippen LogP contribution in [0.2, 0.25) is 0 Å². The minimum absolute atomic E-state index is 0.0361. The first kappa shape index (κ1) is 16.8. The largest absolute Gasteiger partial charge is 0.479 e. The number of benzene rings is 1. The third-order valence-electron chi connectivity index (χ3n) is 3.49. The number of hydrogen-bond donors (Lipinski definition) is 2. The van der Waals surface area contributed by atoms with E-state index >= 15 is 0 Å². The monoisotopic (exact) mass is 362 g/mol. The molecule has 0 radical (unpaired) electrons. The highest BCUT2D eigenvalue weighted by Gasteiger charge is 2.33. The molecule has 0 spiro atoms. The van der Waals surface area contributed by atoms with Gasteiger partial charge in [0.25, 0.3) is 5.91 Å². The van der Waals surface area contributed by atoms with Crippen LogP contribution in [0, 0.1) is 6.92 Å². The molecular weight excluding hydrogens is 348 g/mol. The summed E-state index contributed by atoms with van der Waals surface area (Å²) in [4.78, 5) is 37.0. The van der Waals surface area contributed by atoms with Crippen molar-refractivity contribution in [3.05, 3.63) is 28.8 Å². The van der Waals surface area contributed by atoms with Gasteiger partial charge in [-0.2, -0.15) is 0 Å². The summed E-state index contributed by atoms with van der Waals surface area (Å²) in [7, 11) is 0. The number of carbonyl (C=O) groups is 3. The van der Waals surface area contributed by atoms with E-state index in [0.717, 1.165) is 0 Å². The number of aromatic carboxylic acids is 1. The second kappa shape index (κ2) is 6.48. The Labute approximate surface area is 146 Å². The van der Waals surface area contributed by atoms with E-state index in [1.54, 1.807) is 6.92 Å². The molecule has 2 aromatic rings. The summed E-state index contributed by atoms with van der Waals surface area (Å²) >= 11 is 1.22. The summed E-state index contributed by atoms with van der Waals surface area (Å²) in [6, 6.07) is 4.14. The number of hydrogen-bond acceptors (Lipinski definition) is 7. The molecule has 0 saturated heterocycles. The number of aryl methyl sites for hydroxylation is 1. The van der Waals surface area contributed by atoms with E-state index in [1.165, 1.54) is 41.4 Å². The number of carboxylic acids is 1. The first-order chi connectivity index (χ1) is 11.8. The second-order valence-electron chi connectivity index (χ2n) is 5.35. The SMILES string of the molecule is Cc1nnc(NC(=O)CN2C(=O)C(C)Oc3cc(C(=O)O)ccc32)s1. The van der Waals surface area contributed by atoms with Gasteiger partial charge in [-0.1, -0.05) is 11.3 Å². The zero-order valence-electron chi connectivity index (χ0n) is 13.3. The van der Waals surface area contributed by atoms with Gasteiger partial charge in [0.1, 0.15) is 17.3 Å². The maximum atomic E-state index is 12.4. The van der Waals surface area contributed by atoms with Crippen molar-refractivity contribution >= 4 is 39.9 Å². The summed E-state index contributed by atoms with van der Waals surface area (Å²) in [5, 5.41) is 20.3. The molecule has 1 aromatic heterocycles. The average Bonchev–Trinajstić information content (AvgIpc) is 2.96. The van der Waals surface area contributed by atoms with Crippen LogP contribution in [0.4, 0.5) is 10.8 Å². The Hall–Kier alpha value is -3.01. The molecule has 1 aromatic carbocycles. The predicted octanol–water partition coefficient (Wildman–Crippen LogP) is 1.30. The lowest BCUT2D eigenvalue weighted by atomic mass is 10.1. The number of ether oxygens (including phenoxy) is 1. The van der Waals surface area contributed by atoms with Gasteiger partial charge in [-0.15, -0.1) is 10.2 Å². The topological polar surface area (TPSA) is 122 Å². The molecule has 10 heteroatoms. The molecule has 1 aliphatic heterocycles. The zero-order chi connectivity index (χ0) is 18.1. The fourth-order valence-corrected chi connectivity index (χ4v) is 2.96. The lowest BCUT2D eigenvalue weighted by Crippen LogP contribution is -2.47. The number of carboxylic acid groups (broad SMARTS) is 1. The van der Waals surface area contributed by atoms with Crippen LogP contribution in [-0.2, 0) is 9.59 Å².